The lowest BCUT2D eigenvalue weighted by atomic mass is 10.1. The second-order valence-electron chi connectivity index (χ2n) is 7.56. The lowest BCUT2D eigenvalue weighted by Gasteiger charge is -2.13. The molecule has 1 aliphatic heterocycles. The Hall–Kier alpha value is -1.67. The number of nitrogens with zero attached hydrogens (tertiary/aromatic N) is 2. The molecule has 3 N–H and O–H groups in total. The summed E-state index contributed by atoms with van der Waals surface area (Å²) in [4.78, 5) is 23.7. The van der Waals surface area contributed by atoms with Crippen LogP contribution in [-0.2, 0) is 14.3 Å². The first-order chi connectivity index (χ1) is 13.5. The number of ether oxygens (including phenoxy) is 1. The van der Waals surface area contributed by atoms with Crippen molar-refractivity contribution < 1.29 is 34.6 Å². The monoisotopic (exact) mass is 416 g/mol. The third-order valence-corrected chi connectivity index (χ3v) is 5.20. The molecule has 0 saturated carbocycles. The second-order valence-corrected chi connectivity index (χ2v) is 7.56. The van der Waals surface area contributed by atoms with Gasteiger partial charge < -0.3 is 20.4 Å². The van der Waals surface area contributed by atoms with Crippen molar-refractivity contribution in [2.45, 2.75) is 77.6 Å². The maximum Gasteiger partial charge on any atom is 0.329 e. The summed E-state index contributed by atoms with van der Waals surface area (Å²) in [5.74, 6) is -0.530. The first kappa shape index (κ1) is 27.3. The van der Waals surface area contributed by atoms with Crippen LogP contribution in [0.3, 0.4) is 0 Å². The van der Waals surface area contributed by atoms with Gasteiger partial charge in [0.05, 0.1) is 19.6 Å². The molecule has 8 nitrogen and oxygen atoms in total. The standard InChI is InChI=1S/C21H38N2O5.H2O/c1-2-3-4-5-6-7-8-9-10-11-19-22(13-12-20(24)25)14-15-23(19)16-17-28-18-21(26)27;/h2-18H2,1H3,(H-,24,25,26,27);1H2. The van der Waals surface area contributed by atoms with Gasteiger partial charge in [-0.1, -0.05) is 58.3 Å². The topological polar surface area (TPSA) is 120 Å². The van der Waals surface area contributed by atoms with Crippen LogP contribution in [0.1, 0.15) is 77.6 Å². The molecule has 1 rings (SSSR count). The van der Waals surface area contributed by atoms with E-state index in [4.69, 9.17) is 14.9 Å². The fourth-order valence-electron chi connectivity index (χ4n) is 3.66. The number of aliphatic carboxylic acids is 2. The SMILES string of the molecule is CCCCCCCCCCCC1=[N+](CCOCC(=O)O)CCN1CCC(=O)O.[OH-]. The van der Waals surface area contributed by atoms with Crippen LogP contribution in [0.2, 0.25) is 0 Å². The van der Waals surface area contributed by atoms with E-state index < -0.39 is 11.9 Å². The lowest BCUT2D eigenvalue weighted by Crippen LogP contribution is -2.32. The molecule has 0 aromatic heterocycles. The van der Waals surface area contributed by atoms with Crippen LogP contribution in [0.5, 0.6) is 0 Å². The third-order valence-electron chi connectivity index (χ3n) is 5.20. The van der Waals surface area contributed by atoms with Crippen LogP contribution in [0.15, 0.2) is 0 Å². The highest BCUT2D eigenvalue weighted by Gasteiger charge is 2.29. The molecule has 0 aliphatic carbocycles. The van der Waals surface area contributed by atoms with Crippen molar-refractivity contribution in [3.63, 3.8) is 0 Å². The van der Waals surface area contributed by atoms with E-state index in [-0.39, 0.29) is 18.5 Å². The molecule has 0 spiro atoms. The van der Waals surface area contributed by atoms with Crippen LogP contribution in [0.25, 0.3) is 0 Å². The molecule has 1 aliphatic rings. The van der Waals surface area contributed by atoms with E-state index in [2.05, 4.69) is 16.4 Å². The fraction of sp³-hybridized carbons (Fsp3) is 0.857. The second kappa shape index (κ2) is 17.2. The van der Waals surface area contributed by atoms with E-state index in [1.807, 2.05) is 0 Å². The Morgan fingerprint density at radius 1 is 1.00 bits per heavy atom. The van der Waals surface area contributed by atoms with Gasteiger partial charge in [0.2, 0.25) is 5.84 Å². The summed E-state index contributed by atoms with van der Waals surface area (Å²) in [6, 6.07) is 0. The fourth-order valence-corrected chi connectivity index (χ4v) is 3.66. The number of amidine groups is 1. The average Bonchev–Trinajstić information content (AvgIpc) is 3.04. The number of rotatable bonds is 18. The normalized spacial score (nSPS) is 13.6. The van der Waals surface area contributed by atoms with Crippen molar-refractivity contribution in [1.82, 2.24) is 4.90 Å². The minimum absolute atomic E-state index is 0. The average molecular weight is 417 g/mol. The van der Waals surface area contributed by atoms with Crippen molar-refractivity contribution in [1.29, 1.82) is 0 Å². The van der Waals surface area contributed by atoms with Gasteiger partial charge in [-0.15, -0.1) is 0 Å². The van der Waals surface area contributed by atoms with Crippen molar-refractivity contribution in [3.8, 4) is 0 Å². The van der Waals surface area contributed by atoms with Gasteiger partial charge >= 0.3 is 11.9 Å². The Kier molecular flexibility index (Phi) is 16.2. The Morgan fingerprint density at radius 2 is 1.62 bits per heavy atom. The van der Waals surface area contributed by atoms with Gasteiger partial charge in [-0.2, -0.15) is 0 Å². The van der Waals surface area contributed by atoms with Crippen LogP contribution in [0, 0.1) is 0 Å². The molecule has 0 fully saturated rings. The summed E-state index contributed by atoms with van der Waals surface area (Å²) in [7, 11) is 0. The summed E-state index contributed by atoms with van der Waals surface area (Å²) < 4.78 is 7.40. The molecule has 8 heteroatoms. The summed E-state index contributed by atoms with van der Waals surface area (Å²) in [6.45, 7) is 5.21. The minimum atomic E-state index is -0.955. The molecule has 0 bridgehead atoms. The lowest BCUT2D eigenvalue weighted by molar-refractivity contribution is -0.522. The number of carbonyl (C=O) groups is 2. The molecule has 0 saturated heterocycles. The van der Waals surface area contributed by atoms with Crippen LogP contribution >= 0.6 is 0 Å². The Morgan fingerprint density at radius 3 is 2.21 bits per heavy atom. The maximum atomic E-state index is 10.9. The van der Waals surface area contributed by atoms with Crippen molar-refractivity contribution in [2.24, 2.45) is 0 Å². The van der Waals surface area contributed by atoms with E-state index >= 15 is 0 Å². The summed E-state index contributed by atoms with van der Waals surface area (Å²) in [6.07, 6.45) is 12.6. The van der Waals surface area contributed by atoms with Crippen molar-refractivity contribution in [3.05, 3.63) is 0 Å². The molecule has 0 radical (unpaired) electrons. The van der Waals surface area contributed by atoms with Crippen LogP contribution in [-0.4, -0.2) is 82.3 Å². The zero-order valence-electron chi connectivity index (χ0n) is 18.0. The number of carboxylic acid groups (broad SMARTS) is 2. The molecule has 0 amide bonds. The van der Waals surface area contributed by atoms with Crippen molar-refractivity contribution in [2.75, 3.05) is 39.4 Å². The van der Waals surface area contributed by atoms with Gasteiger partial charge in [-0.25, -0.2) is 4.79 Å². The minimum Gasteiger partial charge on any atom is -0.870 e. The molecule has 0 aromatic carbocycles. The van der Waals surface area contributed by atoms with Gasteiger partial charge in [-0.05, 0) is 6.42 Å². The molecule has 29 heavy (non-hydrogen) atoms. The summed E-state index contributed by atoms with van der Waals surface area (Å²) in [5.41, 5.74) is 0. The number of carboxylic acids is 2. The highest BCUT2D eigenvalue weighted by atomic mass is 16.5. The third kappa shape index (κ3) is 13.2. The van der Waals surface area contributed by atoms with Gasteiger partial charge in [0.15, 0.2) is 0 Å². The van der Waals surface area contributed by atoms with E-state index in [9.17, 15) is 9.59 Å². The number of hydrogen-bond acceptors (Lipinski definition) is 5. The maximum absolute atomic E-state index is 10.9. The van der Waals surface area contributed by atoms with Gasteiger partial charge in [0.25, 0.3) is 0 Å². The Balaban J connectivity index is 0.00000784. The smallest absolute Gasteiger partial charge is 0.329 e. The Labute approximate surface area is 174 Å². The molecule has 0 unspecified atom stereocenters. The van der Waals surface area contributed by atoms with Gasteiger partial charge in [0, 0.05) is 6.42 Å². The van der Waals surface area contributed by atoms with E-state index in [0.717, 1.165) is 25.9 Å². The quantitative estimate of drug-likeness (QED) is 0.260. The predicted octanol–water partition coefficient (Wildman–Crippen LogP) is 3.03. The van der Waals surface area contributed by atoms with E-state index in [0.29, 0.717) is 19.7 Å². The van der Waals surface area contributed by atoms with Gasteiger partial charge in [-0.3, -0.25) is 14.3 Å². The van der Waals surface area contributed by atoms with E-state index in [1.54, 1.807) is 0 Å². The van der Waals surface area contributed by atoms with E-state index in [1.165, 1.54) is 57.2 Å². The molecule has 1 heterocycles. The first-order valence-corrected chi connectivity index (χ1v) is 10.9. The number of hydrogen-bond donors (Lipinski definition) is 2. The summed E-state index contributed by atoms with van der Waals surface area (Å²) in [5, 5.41) is 17.6. The number of unbranched alkanes of at least 4 members (excludes halogenated alkanes) is 8. The molecular formula is C21H40N2O6. The molecule has 0 aromatic rings. The first-order valence-electron chi connectivity index (χ1n) is 10.9. The van der Waals surface area contributed by atoms with Crippen molar-refractivity contribution >= 4 is 17.8 Å². The van der Waals surface area contributed by atoms with Crippen LogP contribution in [0.4, 0.5) is 0 Å². The van der Waals surface area contributed by atoms with Crippen LogP contribution < -0.4 is 0 Å². The zero-order valence-corrected chi connectivity index (χ0v) is 18.0. The summed E-state index contributed by atoms with van der Waals surface area (Å²) >= 11 is 0. The highest BCUT2D eigenvalue weighted by molar-refractivity contribution is 5.79. The molecule has 0 atom stereocenters. The molecular weight excluding hydrogens is 376 g/mol. The highest BCUT2D eigenvalue weighted by Crippen LogP contribution is 2.14. The van der Waals surface area contributed by atoms with Gasteiger partial charge in [0.1, 0.15) is 26.2 Å². The Bertz CT molecular complexity index is 496. The predicted molar refractivity (Wildman–Crippen MR) is 111 cm³/mol. The molecule has 170 valence electrons. The largest absolute Gasteiger partial charge is 0.870 e. The zero-order chi connectivity index (χ0) is 20.6.